The maximum Gasteiger partial charge on any atom is 0.119 e. The Labute approximate surface area is 401 Å². The van der Waals surface area contributed by atoms with E-state index in [1.807, 2.05) is 48.2 Å². The van der Waals surface area contributed by atoms with Gasteiger partial charge in [-0.05, 0) is 197 Å². The van der Waals surface area contributed by atoms with E-state index >= 15 is 0 Å². The van der Waals surface area contributed by atoms with Crippen molar-refractivity contribution in [2.75, 3.05) is 51.1 Å². The average molecular weight is 920 g/mol. The summed E-state index contributed by atoms with van der Waals surface area (Å²) in [6, 6.07) is 49.5. The third-order valence-corrected chi connectivity index (χ3v) is 13.5. The number of hydrogen-bond acceptors (Lipinski definition) is 7. The number of allylic oxidation sites excluding steroid dienone is 2. The van der Waals surface area contributed by atoms with Crippen molar-refractivity contribution in [1.82, 2.24) is 5.32 Å². The first-order valence-electron chi connectivity index (χ1n) is 24.2. The van der Waals surface area contributed by atoms with E-state index in [0.29, 0.717) is 37.6 Å². The van der Waals surface area contributed by atoms with Crippen LogP contribution in [0.25, 0.3) is 22.3 Å². The predicted molar refractivity (Wildman–Crippen MR) is 277 cm³/mol. The molecule has 2 aliphatic carbocycles. The molecular weight excluding hydrogens is 854 g/mol. The summed E-state index contributed by atoms with van der Waals surface area (Å²) in [7, 11) is 0. The zero-order valence-corrected chi connectivity index (χ0v) is 39.6. The number of thioether (sulfide) groups is 1. The highest BCUT2D eigenvalue weighted by molar-refractivity contribution is 7.99. The van der Waals surface area contributed by atoms with Crippen molar-refractivity contribution in [3.8, 4) is 23.0 Å². The molecule has 0 atom stereocenters. The first-order valence-corrected chi connectivity index (χ1v) is 25.3. The van der Waals surface area contributed by atoms with E-state index in [2.05, 4.69) is 102 Å². The summed E-state index contributed by atoms with van der Waals surface area (Å²) in [4.78, 5) is 0. The molecule has 0 saturated carbocycles. The van der Waals surface area contributed by atoms with E-state index in [1.165, 1.54) is 67.7 Å². The molecule has 67 heavy (non-hydrogen) atoms. The monoisotopic (exact) mass is 919 g/mol. The molecule has 6 nitrogen and oxygen atoms in total. The molecule has 4 N–H and O–H groups in total. The van der Waals surface area contributed by atoms with Gasteiger partial charge in [0, 0.05) is 13.1 Å². The van der Waals surface area contributed by atoms with Crippen LogP contribution >= 0.6 is 11.8 Å². The van der Waals surface area contributed by atoms with Crippen molar-refractivity contribution in [1.29, 1.82) is 0 Å². The molecule has 0 spiro atoms. The zero-order chi connectivity index (χ0) is 46.5. The van der Waals surface area contributed by atoms with E-state index in [9.17, 15) is 14.6 Å². The number of alkyl halides is 1. The van der Waals surface area contributed by atoms with Crippen LogP contribution < -0.4 is 14.8 Å². The quantitative estimate of drug-likeness (QED) is 0.0535. The second-order valence-corrected chi connectivity index (χ2v) is 18.3. The molecule has 0 radical (unpaired) electrons. The molecule has 8 rings (SSSR count). The molecule has 0 aliphatic heterocycles. The summed E-state index contributed by atoms with van der Waals surface area (Å²) in [6.07, 6.45) is 11.1. The van der Waals surface area contributed by atoms with Crippen LogP contribution in [0.5, 0.6) is 23.0 Å². The third-order valence-electron chi connectivity index (χ3n) is 12.3. The number of hydrogen-bond donors (Lipinski definition) is 4. The number of halogens is 1. The minimum Gasteiger partial charge on any atom is -0.508 e. The van der Waals surface area contributed by atoms with Gasteiger partial charge in [-0.3, -0.25) is 4.39 Å². The number of fused-ring (bicyclic) bond motifs is 2. The Morgan fingerprint density at radius 3 is 1.48 bits per heavy atom. The number of phenolic OH excluding ortho intramolecular Hbond substituents is 2. The van der Waals surface area contributed by atoms with E-state index in [4.69, 9.17) is 14.6 Å². The summed E-state index contributed by atoms with van der Waals surface area (Å²) < 4.78 is 24.0. The molecule has 6 aromatic rings. The molecule has 8 heteroatoms. The number of rotatable bonds is 21. The van der Waals surface area contributed by atoms with Crippen LogP contribution in [0.3, 0.4) is 0 Å². The van der Waals surface area contributed by atoms with Crippen molar-refractivity contribution in [2.45, 2.75) is 70.6 Å². The molecule has 0 saturated heterocycles. The van der Waals surface area contributed by atoms with E-state index in [1.54, 1.807) is 12.1 Å². The van der Waals surface area contributed by atoms with E-state index < -0.39 is 0 Å². The first-order chi connectivity index (χ1) is 33.0. The molecule has 0 unspecified atom stereocenters. The van der Waals surface area contributed by atoms with Crippen LogP contribution in [0.4, 0.5) is 4.39 Å². The highest BCUT2D eigenvalue weighted by atomic mass is 32.2. The van der Waals surface area contributed by atoms with Crippen molar-refractivity contribution in [3.63, 3.8) is 0 Å². The highest BCUT2D eigenvalue weighted by Crippen LogP contribution is 2.42. The highest BCUT2D eigenvalue weighted by Gasteiger charge is 2.22. The number of unbranched alkanes of at least 4 members (excludes halogenated alkanes) is 3. The lowest BCUT2D eigenvalue weighted by Gasteiger charge is -2.17. The fourth-order valence-electron chi connectivity index (χ4n) is 9.02. The topological polar surface area (TPSA) is 91.2 Å². The molecule has 6 aromatic carbocycles. The van der Waals surface area contributed by atoms with Crippen LogP contribution in [-0.2, 0) is 12.8 Å². The molecule has 0 amide bonds. The lowest BCUT2D eigenvalue weighted by atomic mass is 9.88. The van der Waals surface area contributed by atoms with Gasteiger partial charge in [0.25, 0.3) is 0 Å². The lowest BCUT2D eigenvalue weighted by Crippen LogP contribution is -2.23. The fraction of sp³-hybridized carbons (Fsp3) is 0.322. The summed E-state index contributed by atoms with van der Waals surface area (Å²) in [5, 5.41) is 32.1. The van der Waals surface area contributed by atoms with Gasteiger partial charge in [0.2, 0.25) is 0 Å². The molecule has 0 bridgehead atoms. The smallest absolute Gasteiger partial charge is 0.119 e. The first kappa shape index (κ1) is 49.1. The van der Waals surface area contributed by atoms with Gasteiger partial charge in [0.15, 0.2) is 0 Å². The number of aliphatic hydroxyl groups excluding tert-OH is 1. The zero-order valence-electron chi connectivity index (χ0n) is 38.7. The van der Waals surface area contributed by atoms with Crippen LogP contribution in [0, 0.1) is 0 Å². The molecular formula is C59H66FNO5S. The number of aliphatic hydroxyl groups is 1. The maximum atomic E-state index is 12.1. The number of aromatic hydroxyl groups is 2. The minimum atomic E-state index is -0.192. The Kier molecular flexibility index (Phi) is 19.4. The van der Waals surface area contributed by atoms with Gasteiger partial charge in [0.1, 0.15) is 29.6 Å². The van der Waals surface area contributed by atoms with Crippen molar-refractivity contribution >= 4 is 34.1 Å². The van der Waals surface area contributed by atoms with Gasteiger partial charge < -0.3 is 30.1 Å². The van der Waals surface area contributed by atoms with Gasteiger partial charge >= 0.3 is 0 Å². The predicted octanol–water partition coefficient (Wildman–Crippen LogP) is 13.4. The summed E-state index contributed by atoms with van der Waals surface area (Å²) in [6.45, 7) is 2.50. The molecule has 0 heterocycles. The number of benzene rings is 6. The second-order valence-electron chi connectivity index (χ2n) is 17.1. The largest absolute Gasteiger partial charge is 0.508 e. The number of phenols is 2. The third kappa shape index (κ3) is 14.4. The van der Waals surface area contributed by atoms with Crippen LogP contribution in [0.15, 0.2) is 146 Å². The minimum absolute atomic E-state index is 0.132. The second kappa shape index (κ2) is 26.5. The number of ether oxygens (including phenoxy) is 2. The molecule has 0 aromatic heterocycles. The SMILES string of the molecule is OCCNCCOc1ccc(C2=C(c3ccccc3)CCCc3cc(O)ccc32)cc1.Oc1ccc2c(c1)CCCC(c1ccccc1)=C2c1ccc(OCCCCCSCCCCF)cc1. The van der Waals surface area contributed by atoms with Crippen molar-refractivity contribution in [2.24, 2.45) is 0 Å². The Balaban J connectivity index is 0.000000201. The molecule has 350 valence electrons. The average Bonchev–Trinajstić information content (AvgIpc) is 3.67. The standard InChI is InChI=1S/C32H37FO2S.C27H29NO3/c33-20-5-8-23-36-22-7-2-6-21-35-29-17-14-26(15-18-29)32-30(25-10-3-1-4-11-25)13-9-12-27-24-28(34)16-19-31(27)32;29-17-15-28-16-18-31-24-12-9-21(10-13-24)27-25(20-5-2-1-3-6-20)8-4-7-22-19-23(30)11-14-26(22)27/h1,3-4,10-11,14-19,24,34H,2,5-9,12-13,20-23H2;1-3,5-6,9-14,19,28-30H,4,7-8,15-18H2. The van der Waals surface area contributed by atoms with E-state index in [0.717, 1.165) is 93.0 Å². The normalized spacial score (nSPS) is 13.5. The Bertz CT molecular complexity index is 2490. The maximum absolute atomic E-state index is 12.1. The van der Waals surface area contributed by atoms with Gasteiger partial charge in [-0.25, -0.2) is 0 Å². The Morgan fingerprint density at radius 1 is 0.493 bits per heavy atom. The van der Waals surface area contributed by atoms with Crippen molar-refractivity contribution < 1.29 is 29.2 Å². The summed E-state index contributed by atoms with van der Waals surface area (Å²) >= 11 is 1.93. The van der Waals surface area contributed by atoms with E-state index in [-0.39, 0.29) is 13.3 Å². The van der Waals surface area contributed by atoms with Gasteiger partial charge in [-0.2, -0.15) is 11.8 Å². The van der Waals surface area contributed by atoms with Gasteiger partial charge in [-0.1, -0.05) is 97.1 Å². The van der Waals surface area contributed by atoms with Crippen LogP contribution in [0.2, 0.25) is 0 Å². The van der Waals surface area contributed by atoms with Crippen LogP contribution in [-0.4, -0.2) is 66.4 Å². The number of aryl methyl sites for hydroxylation is 2. The fourth-order valence-corrected chi connectivity index (χ4v) is 10.0. The van der Waals surface area contributed by atoms with Crippen molar-refractivity contribution in [3.05, 3.63) is 190 Å². The Morgan fingerprint density at radius 2 is 0.985 bits per heavy atom. The lowest BCUT2D eigenvalue weighted by molar-refractivity contribution is 0.276. The molecule has 0 fully saturated rings. The number of nitrogens with one attached hydrogen (secondary N) is 1. The Hall–Kier alpha value is -5.80. The van der Waals surface area contributed by atoms with Gasteiger partial charge in [-0.15, -0.1) is 0 Å². The summed E-state index contributed by atoms with van der Waals surface area (Å²) in [5.74, 6) is 4.60. The van der Waals surface area contributed by atoms with Crippen LogP contribution in [0.1, 0.15) is 102 Å². The molecule has 2 aliphatic rings. The van der Waals surface area contributed by atoms with Gasteiger partial charge in [0.05, 0.1) is 19.9 Å². The summed E-state index contributed by atoms with van der Waals surface area (Å²) in [5.41, 5.74) is 14.8.